The van der Waals surface area contributed by atoms with Gasteiger partial charge in [-0.3, -0.25) is 9.59 Å². The summed E-state index contributed by atoms with van der Waals surface area (Å²) in [7, 11) is 0. The van der Waals surface area contributed by atoms with Crippen molar-refractivity contribution in [2.45, 2.75) is 71.9 Å². The van der Waals surface area contributed by atoms with E-state index in [1.165, 1.54) is 4.90 Å². The lowest BCUT2D eigenvalue weighted by Crippen LogP contribution is -2.45. The van der Waals surface area contributed by atoms with Gasteiger partial charge in [0.05, 0.1) is 12.5 Å². The third-order valence-electron chi connectivity index (χ3n) is 4.41. The Morgan fingerprint density at radius 3 is 2.42 bits per heavy atom. The number of ether oxygens (including phenoxy) is 2. The van der Waals surface area contributed by atoms with Crippen LogP contribution in [0, 0.1) is 17.8 Å². The molecular formula is C18H29NO5. The van der Waals surface area contributed by atoms with Gasteiger partial charge >= 0.3 is 12.1 Å². The van der Waals surface area contributed by atoms with Crippen molar-refractivity contribution in [2.75, 3.05) is 6.61 Å². The quantitative estimate of drug-likeness (QED) is 0.695. The minimum Gasteiger partial charge on any atom is -0.460 e. The fourth-order valence-electron chi connectivity index (χ4n) is 2.99. The minimum absolute atomic E-state index is 0.0151. The summed E-state index contributed by atoms with van der Waals surface area (Å²) in [4.78, 5) is 38.4. The van der Waals surface area contributed by atoms with Gasteiger partial charge in [-0.05, 0) is 39.0 Å². The van der Waals surface area contributed by atoms with Crippen molar-refractivity contribution in [3.63, 3.8) is 0 Å². The zero-order chi connectivity index (χ0) is 18.1. The first kappa shape index (κ1) is 18.7. The first-order valence-corrected chi connectivity index (χ1v) is 8.80. The number of hydrogen-bond donors (Lipinski definition) is 0. The first-order valence-electron chi connectivity index (χ1n) is 8.80. The molecule has 0 radical (unpaired) electrons. The zero-order valence-electron chi connectivity index (χ0n) is 15.3. The molecule has 24 heavy (non-hydrogen) atoms. The predicted octanol–water partition coefficient (Wildman–Crippen LogP) is 3.14. The smallest absolute Gasteiger partial charge is 0.416 e. The van der Waals surface area contributed by atoms with Gasteiger partial charge in [-0.25, -0.2) is 9.69 Å². The number of carbonyl (C=O) groups is 3. The molecule has 0 spiro atoms. The van der Waals surface area contributed by atoms with Crippen LogP contribution in [0.4, 0.5) is 4.79 Å². The number of amides is 2. The van der Waals surface area contributed by atoms with Crippen LogP contribution in [-0.2, 0) is 19.1 Å². The SMILES string of the molecule is CC(C)C1COC(=O)N1C(=O)[C@@H](CC(=O)OC(C)(C)C)CC1CC1. The molecule has 2 aliphatic rings. The van der Waals surface area contributed by atoms with Crippen molar-refractivity contribution in [1.82, 2.24) is 4.90 Å². The molecule has 1 saturated heterocycles. The number of imide groups is 1. The lowest BCUT2D eigenvalue weighted by atomic mass is 9.94. The van der Waals surface area contributed by atoms with Crippen LogP contribution >= 0.6 is 0 Å². The van der Waals surface area contributed by atoms with Crippen molar-refractivity contribution >= 4 is 18.0 Å². The van der Waals surface area contributed by atoms with Crippen LogP contribution in [0.15, 0.2) is 0 Å². The van der Waals surface area contributed by atoms with E-state index in [-0.39, 0.29) is 30.9 Å². The molecule has 1 heterocycles. The average molecular weight is 339 g/mol. The third-order valence-corrected chi connectivity index (χ3v) is 4.41. The summed E-state index contributed by atoms with van der Waals surface area (Å²) in [5, 5.41) is 0. The van der Waals surface area contributed by atoms with E-state index in [1.54, 1.807) is 20.8 Å². The Morgan fingerprint density at radius 2 is 1.92 bits per heavy atom. The van der Waals surface area contributed by atoms with Gasteiger partial charge in [0, 0.05) is 5.92 Å². The topological polar surface area (TPSA) is 72.9 Å². The highest BCUT2D eigenvalue weighted by Gasteiger charge is 2.44. The van der Waals surface area contributed by atoms with Crippen LogP contribution in [0.2, 0.25) is 0 Å². The Bertz CT molecular complexity index is 504. The van der Waals surface area contributed by atoms with E-state index in [1.807, 2.05) is 13.8 Å². The molecule has 136 valence electrons. The van der Waals surface area contributed by atoms with Crippen molar-refractivity contribution in [2.24, 2.45) is 17.8 Å². The summed E-state index contributed by atoms with van der Waals surface area (Å²) in [5.74, 6) is -0.621. The minimum atomic E-state index is -0.594. The molecule has 1 aliphatic heterocycles. The number of esters is 1. The molecule has 6 heteroatoms. The molecule has 0 N–H and O–H groups in total. The van der Waals surface area contributed by atoms with Crippen molar-refractivity contribution in [3.05, 3.63) is 0 Å². The van der Waals surface area contributed by atoms with Gasteiger partial charge in [0.15, 0.2) is 0 Å². The summed E-state index contributed by atoms with van der Waals surface area (Å²) >= 11 is 0. The normalized spacial score (nSPS) is 22.5. The number of carbonyl (C=O) groups excluding carboxylic acids is 3. The number of nitrogens with zero attached hydrogens (tertiary/aromatic N) is 1. The third kappa shape index (κ3) is 4.95. The second-order valence-corrected chi connectivity index (χ2v) is 8.26. The van der Waals surface area contributed by atoms with Crippen molar-refractivity contribution < 1.29 is 23.9 Å². The van der Waals surface area contributed by atoms with Crippen LogP contribution in [0.1, 0.15) is 60.3 Å². The summed E-state index contributed by atoms with van der Waals surface area (Å²) in [6, 6.07) is -0.259. The number of hydrogen-bond acceptors (Lipinski definition) is 5. The summed E-state index contributed by atoms with van der Waals surface area (Å²) < 4.78 is 10.4. The van der Waals surface area contributed by atoms with Gasteiger partial charge in [-0.2, -0.15) is 0 Å². The summed E-state index contributed by atoms with van der Waals surface area (Å²) in [5.41, 5.74) is -0.586. The molecule has 0 bridgehead atoms. The molecule has 1 saturated carbocycles. The van der Waals surface area contributed by atoms with Crippen LogP contribution < -0.4 is 0 Å². The van der Waals surface area contributed by atoms with E-state index in [9.17, 15) is 14.4 Å². The highest BCUT2D eigenvalue weighted by molar-refractivity contribution is 5.96. The van der Waals surface area contributed by atoms with Crippen molar-refractivity contribution in [3.8, 4) is 0 Å². The molecule has 2 fully saturated rings. The lowest BCUT2D eigenvalue weighted by Gasteiger charge is -2.27. The summed E-state index contributed by atoms with van der Waals surface area (Å²) in [6.07, 6.45) is 2.21. The molecule has 1 unspecified atom stereocenters. The second kappa shape index (κ2) is 7.11. The van der Waals surface area contributed by atoms with Gasteiger partial charge in [0.2, 0.25) is 5.91 Å². The van der Waals surface area contributed by atoms with Crippen LogP contribution in [0.5, 0.6) is 0 Å². The maximum Gasteiger partial charge on any atom is 0.416 e. The number of cyclic esters (lactones) is 1. The molecule has 2 amide bonds. The molecule has 2 rings (SSSR count). The van der Waals surface area contributed by atoms with E-state index >= 15 is 0 Å². The van der Waals surface area contributed by atoms with E-state index < -0.39 is 23.6 Å². The van der Waals surface area contributed by atoms with Crippen molar-refractivity contribution in [1.29, 1.82) is 0 Å². The summed E-state index contributed by atoms with van der Waals surface area (Å²) in [6.45, 7) is 9.54. The van der Waals surface area contributed by atoms with E-state index in [4.69, 9.17) is 9.47 Å². The zero-order valence-corrected chi connectivity index (χ0v) is 15.3. The Hall–Kier alpha value is -1.59. The molecule has 6 nitrogen and oxygen atoms in total. The monoisotopic (exact) mass is 339 g/mol. The predicted molar refractivity (Wildman–Crippen MR) is 88.1 cm³/mol. The molecular weight excluding hydrogens is 310 g/mol. The maximum absolute atomic E-state index is 13.0. The van der Waals surface area contributed by atoms with E-state index in [0.29, 0.717) is 12.3 Å². The van der Waals surface area contributed by atoms with Gasteiger partial charge in [-0.15, -0.1) is 0 Å². The van der Waals surface area contributed by atoms with Crippen LogP contribution in [0.25, 0.3) is 0 Å². The standard InChI is InChI=1S/C18H29NO5/c1-11(2)14-10-23-17(22)19(14)16(21)13(8-12-6-7-12)9-15(20)24-18(3,4)5/h11-14H,6-10H2,1-5H3/t13-,14?/m1/s1. The van der Waals surface area contributed by atoms with Gasteiger partial charge in [-0.1, -0.05) is 26.7 Å². The lowest BCUT2D eigenvalue weighted by molar-refractivity contribution is -0.158. The average Bonchev–Trinajstić information content (AvgIpc) is 3.15. The Balaban J connectivity index is 2.09. The maximum atomic E-state index is 13.0. The van der Waals surface area contributed by atoms with Crippen LogP contribution in [-0.4, -0.2) is 41.1 Å². The van der Waals surface area contributed by atoms with E-state index in [0.717, 1.165) is 12.8 Å². The van der Waals surface area contributed by atoms with Gasteiger partial charge in [0.1, 0.15) is 12.2 Å². The largest absolute Gasteiger partial charge is 0.460 e. The fraction of sp³-hybridized carbons (Fsp3) is 0.833. The van der Waals surface area contributed by atoms with Gasteiger partial charge < -0.3 is 9.47 Å². The fourth-order valence-corrected chi connectivity index (χ4v) is 2.99. The Labute approximate surface area is 143 Å². The van der Waals surface area contributed by atoms with Gasteiger partial charge in [0.25, 0.3) is 0 Å². The molecule has 0 aromatic rings. The molecule has 0 aromatic heterocycles. The molecule has 1 aliphatic carbocycles. The highest BCUT2D eigenvalue weighted by Crippen LogP contribution is 2.38. The van der Waals surface area contributed by atoms with E-state index in [2.05, 4.69) is 0 Å². The first-order chi connectivity index (χ1) is 11.1. The van der Waals surface area contributed by atoms with Crippen LogP contribution in [0.3, 0.4) is 0 Å². The Morgan fingerprint density at radius 1 is 1.29 bits per heavy atom. The highest BCUT2D eigenvalue weighted by atomic mass is 16.6. The second-order valence-electron chi connectivity index (χ2n) is 8.26. The number of rotatable bonds is 6. The molecule has 0 aromatic carbocycles. The molecule has 2 atom stereocenters. The Kier molecular flexibility index (Phi) is 5.56.